The van der Waals surface area contributed by atoms with Gasteiger partial charge in [-0.05, 0) is 42.9 Å². The second-order valence-electron chi connectivity index (χ2n) is 5.32. The van der Waals surface area contributed by atoms with Gasteiger partial charge in [-0.2, -0.15) is 0 Å². The van der Waals surface area contributed by atoms with E-state index in [1.165, 1.54) is 18.4 Å². The predicted octanol–water partition coefficient (Wildman–Crippen LogP) is 4.04. The molecule has 0 amide bonds. The van der Waals surface area contributed by atoms with E-state index in [1.807, 2.05) is 43.3 Å². The van der Waals surface area contributed by atoms with Crippen molar-refractivity contribution in [2.45, 2.75) is 31.8 Å². The Balaban J connectivity index is 1.91. The van der Waals surface area contributed by atoms with E-state index in [0.717, 1.165) is 16.9 Å². The number of rotatable bonds is 5. The number of aliphatic hydroxyl groups is 1. The summed E-state index contributed by atoms with van der Waals surface area (Å²) in [5.74, 6) is 1.46. The van der Waals surface area contributed by atoms with Crippen LogP contribution in [0.5, 0.6) is 5.75 Å². The summed E-state index contributed by atoms with van der Waals surface area (Å²) < 4.78 is 5.61. The lowest BCUT2D eigenvalue weighted by Gasteiger charge is -2.16. The molecular weight excluding hydrogens is 248 g/mol. The highest BCUT2D eigenvalue weighted by molar-refractivity contribution is 5.41. The fourth-order valence-electron chi connectivity index (χ4n) is 2.57. The summed E-state index contributed by atoms with van der Waals surface area (Å²) in [7, 11) is 0. The maximum absolute atomic E-state index is 10.6. The first-order valence-electron chi connectivity index (χ1n) is 7.29. The van der Waals surface area contributed by atoms with Crippen molar-refractivity contribution in [2.24, 2.45) is 0 Å². The molecule has 2 aromatic carbocycles. The van der Waals surface area contributed by atoms with E-state index in [9.17, 15) is 5.11 Å². The monoisotopic (exact) mass is 268 g/mol. The van der Waals surface area contributed by atoms with Crippen molar-refractivity contribution in [2.75, 3.05) is 6.61 Å². The van der Waals surface area contributed by atoms with Crippen molar-refractivity contribution in [3.63, 3.8) is 0 Å². The third kappa shape index (κ3) is 2.70. The van der Waals surface area contributed by atoms with Gasteiger partial charge < -0.3 is 9.84 Å². The van der Waals surface area contributed by atoms with E-state index in [2.05, 4.69) is 12.1 Å². The van der Waals surface area contributed by atoms with Crippen LogP contribution in [0.3, 0.4) is 0 Å². The quantitative estimate of drug-likeness (QED) is 0.886. The summed E-state index contributed by atoms with van der Waals surface area (Å²) in [5.41, 5.74) is 3.12. The number of ether oxygens (including phenoxy) is 1. The highest BCUT2D eigenvalue weighted by Gasteiger charge is 2.24. The number of hydrogen-bond donors (Lipinski definition) is 1. The third-order valence-electron chi connectivity index (χ3n) is 3.79. The summed E-state index contributed by atoms with van der Waals surface area (Å²) in [6, 6.07) is 16.0. The molecule has 1 unspecified atom stereocenters. The summed E-state index contributed by atoms with van der Waals surface area (Å²) in [4.78, 5) is 0. The zero-order valence-electron chi connectivity index (χ0n) is 11.8. The van der Waals surface area contributed by atoms with Crippen LogP contribution in [0.2, 0.25) is 0 Å². The van der Waals surface area contributed by atoms with Gasteiger partial charge in [-0.3, -0.25) is 0 Å². The maximum Gasteiger partial charge on any atom is 0.125 e. The first-order valence-corrected chi connectivity index (χ1v) is 7.29. The molecule has 1 saturated carbocycles. The van der Waals surface area contributed by atoms with Crippen LogP contribution in [-0.2, 0) is 0 Å². The molecular formula is C18H20O2. The zero-order valence-corrected chi connectivity index (χ0v) is 11.8. The lowest BCUT2D eigenvalue weighted by molar-refractivity contribution is 0.212. The molecule has 0 aliphatic heterocycles. The van der Waals surface area contributed by atoms with E-state index >= 15 is 0 Å². The molecule has 0 spiro atoms. The standard InChI is InChI=1S/C18H20O2/c1-2-20-17-9-4-3-8-16(17)18(19)15-7-5-6-14(12-15)13-10-11-13/h3-9,12-13,18-19H,2,10-11H2,1H3. The van der Waals surface area contributed by atoms with Crippen LogP contribution in [0.15, 0.2) is 48.5 Å². The number of hydrogen-bond acceptors (Lipinski definition) is 2. The van der Waals surface area contributed by atoms with E-state index in [0.29, 0.717) is 12.5 Å². The van der Waals surface area contributed by atoms with Gasteiger partial charge in [-0.15, -0.1) is 0 Å². The fourth-order valence-corrected chi connectivity index (χ4v) is 2.57. The van der Waals surface area contributed by atoms with Gasteiger partial charge in [0.25, 0.3) is 0 Å². The summed E-state index contributed by atoms with van der Waals surface area (Å²) in [5, 5.41) is 10.6. The molecule has 0 aromatic heterocycles. The summed E-state index contributed by atoms with van der Waals surface area (Å²) in [6.45, 7) is 2.56. The molecule has 0 bridgehead atoms. The van der Waals surface area contributed by atoms with Crippen molar-refractivity contribution in [3.05, 3.63) is 65.2 Å². The smallest absolute Gasteiger partial charge is 0.125 e. The maximum atomic E-state index is 10.6. The predicted molar refractivity (Wildman–Crippen MR) is 80.1 cm³/mol. The molecule has 2 nitrogen and oxygen atoms in total. The molecule has 1 aliphatic carbocycles. The van der Waals surface area contributed by atoms with Crippen LogP contribution in [-0.4, -0.2) is 11.7 Å². The molecule has 1 aliphatic rings. The molecule has 2 aromatic rings. The van der Waals surface area contributed by atoms with Crippen LogP contribution < -0.4 is 4.74 Å². The fraction of sp³-hybridized carbons (Fsp3) is 0.333. The van der Waals surface area contributed by atoms with Crippen LogP contribution >= 0.6 is 0 Å². The molecule has 20 heavy (non-hydrogen) atoms. The van der Waals surface area contributed by atoms with Gasteiger partial charge in [0.05, 0.1) is 6.61 Å². The average molecular weight is 268 g/mol. The Kier molecular flexibility index (Phi) is 3.75. The Morgan fingerprint density at radius 3 is 2.70 bits per heavy atom. The zero-order chi connectivity index (χ0) is 13.9. The van der Waals surface area contributed by atoms with Crippen LogP contribution in [0.4, 0.5) is 0 Å². The van der Waals surface area contributed by atoms with Crippen molar-refractivity contribution in [3.8, 4) is 5.75 Å². The SMILES string of the molecule is CCOc1ccccc1C(O)c1cccc(C2CC2)c1. The first-order chi connectivity index (χ1) is 9.79. The van der Waals surface area contributed by atoms with Gasteiger partial charge in [-0.1, -0.05) is 42.5 Å². The number of aliphatic hydroxyl groups excluding tert-OH is 1. The Hall–Kier alpha value is -1.80. The van der Waals surface area contributed by atoms with Crippen LogP contribution in [0.1, 0.15) is 48.5 Å². The highest BCUT2D eigenvalue weighted by atomic mass is 16.5. The minimum atomic E-state index is -0.628. The van der Waals surface area contributed by atoms with Gasteiger partial charge in [-0.25, -0.2) is 0 Å². The van der Waals surface area contributed by atoms with E-state index in [-0.39, 0.29) is 0 Å². The summed E-state index contributed by atoms with van der Waals surface area (Å²) in [6.07, 6.45) is 1.92. The molecule has 0 heterocycles. The second kappa shape index (κ2) is 5.68. The van der Waals surface area contributed by atoms with Gasteiger partial charge in [0, 0.05) is 5.56 Å². The molecule has 3 rings (SSSR count). The topological polar surface area (TPSA) is 29.5 Å². The Morgan fingerprint density at radius 1 is 1.15 bits per heavy atom. The highest BCUT2D eigenvalue weighted by Crippen LogP contribution is 2.41. The molecule has 1 atom stereocenters. The van der Waals surface area contributed by atoms with E-state index < -0.39 is 6.10 Å². The summed E-state index contributed by atoms with van der Waals surface area (Å²) >= 11 is 0. The minimum absolute atomic E-state index is 0.603. The molecule has 0 radical (unpaired) electrons. The number of para-hydroxylation sites is 1. The van der Waals surface area contributed by atoms with Gasteiger partial charge >= 0.3 is 0 Å². The lowest BCUT2D eigenvalue weighted by Crippen LogP contribution is -2.04. The largest absolute Gasteiger partial charge is 0.493 e. The minimum Gasteiger partial charge on any atom is -0.493 e. The van der Waals surface area contributed by atoms with Crippen molar-refractivity contribution in [1.29, 1.82) is 0 Å². The van der Waals surface area contributed by atoms with Crippen molar-refractivity contribution >= 4 is 0 Å². The van der Waals surface area contributed by atoms with E-state index in [1.54, 1.807) is 0 Å². The third-order valence-corrected chi connectivity index (χ3v) is 3.79. The molecule has 0 saturated heterocycles. The van der Waals surface area contributed by atoms with Gasteiger partial charge in [0.2, 0.25) is 0 Å². The second-order valence-corrected chi connectivity index (χ2v) is 5.32. The molecule has 1 N–H and O–H groups in total. The number of benzene rings is 2. The first kappa shape index (κ1) is 13.2. The van der Waals surface area contributed by atoms with Crippen molar-refractivity contribution in [1.82, 2.24) is 0 Å². The lowest BCUT2D eigenvalue weighted by atomic mass is 9.98. The Morgan fingerprint density at radius 2 is 1.95 bits per heavy atom. The molecule has 1 fully saturated rings. The molecule has 2 heteroatoms. The van der Waals surface area contributed by atoms with Crippen molar-refractivity contribution < 1.29 is 9.84 Å². The normalized spacial score (nSPS) is 15.9. The Bertz CT molecular complexity index is 587. The molecule has 104 valence electrons. The van der Waals surface area contributed by atoms with Crippen LogP contribution in [0.25, 0.3) is 0 Å². The average Bonchev–Trinajstić information content (AvgIpc) is 3.32. The van der Waals surface area contributed by atoms with Gasteiger partial charge in [0.15, 0.2) is 0 Å². The van der Waals surface area contributed by atoms with Crippen LogP contribution in [0, 0.1) is 0 Å². The van der Waals surface area contributed by atoms with Gasteiger partial charge in [0.1, 0.15) is 11.9 Å². The van der Waals surface area contributed by atoms with E-state index in [4.69, 9.17) is 4.74 Å². The Labute approximate surface area is 120 Å².